The van der Waals surface area contributed by atoms with Gasteiger partial charge in [-0.3, -0.25) is 9.69 Å². The van der Waals surface area contributed by atoms with Crippen LogP contribution in [0.1, 0.15) is 15.6 Å². The molecule has 0 atom stereocenters. The van der Waals surface area contributed by atoms with E-state index in [0.717, 1.165) is 48.3 Å². The van der Waals surface area contributed by atoms with Crippen LogP contribution < -0.4 is 0 Å². The zero-order valence-corrected chi connectivity index (χ0v) is 13.8. The average molecular weight is 321 g/mol. The van der Waals surface area contributed by atoms with Crippen molar-refractivity contribution in [2.45, 2.75) is 19.9 Å². The van der Waals surface area contributed by atoms with E-state index < -0.39 is 0 Å². The van der Waals surface area contributed by atoms with Gasteiger partial charge in [-0.1, -0.05) is 6.07 Å². The lowest BCUT2D eigenvalue weighted by Gasteiger charge is -2.34. The molecular formula is C15H19N3OS2. The van der Waals surface area contributed by atoms with Crippen molar-refractivity contribution >= 4 is 28.6 Å². The Hall–Kier alpha value is -1.24. The predicted octanol–water partition coefficient (Wildman–Crippen LogP) is 2.40. The Morgan fingerprint density at radius 1 is 1.29 bits per heavy atom. The molecule has 1 fully saturated rings. The molecule has 112 valence electrons. The SMILES string of the molecule is Cc1nc(CN2CCN(C(=O)Cc3cccs3)CC2)cs1. The Balaban J connectivity index is 1.47. The van der Waals surface area contributed by atoms with Crippen LogP contribution in [0, 0.1) is 6.92 Å². The summed E-state index contributed by atoms with van der Waals surface area (Å²) < 4.78 is 0. The first-order chi connectivity index (χ1) is 10.2. The first kappa shape index (κ1) is 14.7. The smallest absolute Gasteiger partial charge is 0.227 e. The number of amides is 1. The molecule has 0 aromatic carbocycles. The number of thiophene rings is 1. The van der Waals surface area contributed by atoms with E-state index in [0.29, 0.717) is 6.42 Å². The number of hydrogen-bond acceptors (Lipinski definition) is 5. The summed E-state index contributed by atoms with van der Waals surface area (Å²) >= 11 is 3.35. The van der Waals surface area contributed by atoms with Gasteiger partial charge in [0.2, 0.25) is 5.91 Å². The summed E-state index contributed by atoms with van der Waals surface area (Å²) in [5.74, 6) is 0.251. The van der Waals surface area contributed by atoms with Crippen LogP contribution in [0.25, 0.3) is 0 Å². The number of piperazine rings is 1. The van der Waals surface area contributed by atoms with Crippen molar-refractivity contribution in [1.82, 2.24) is 14.8 Å². The van der Waals surface area contributed by atoms with Crippen molar-refractivity contribution in [3.8, 4) is 0 Å². The molecular weight excluding hydrogens is 302 g/mol. The fourth-order valence-electron chi connectivity index (χ4n) is 2.54. The molecule has 6 heteroatoms. The minimum atomic E-state index is 0.251. The summed E-state index contributed by atoms with van der Waals surface area (Å²) in [6.07, 6.45) is 0.545. The van der Waals surface area contributed by atoms with Gasteiger partial charge in [-0.15, -0.1) is 22.7 Å². The second-order valence-electron chi connectivity index (χ2n) is 5.27. The number of hydrogen-bond donors (Lipinski definition) is 0. The van der Waals surface area contributed by atoms with Crippen LogP contribution in [0.5, 0.6) is 0 Å². The van der Waals surface area contributed by atoms with Gasteiger partial charge in [0.25, 0.3) is 0 Å². The van der Waals surface area contributed by atoms with Crippen molar-refractivity contribution < 1.29 is 4.79 Å². The lowest BCUT2D eigenvalue weighted by atomic mass is 10.2. The highest BCUT2D eigenvalue weighted by Gasteiger charge is 2.21. The fourth-order valence-corrected chi connectivity index (χ4v) is 3.84. The van der Waals surface area contributed by atoms with Gasteiger partial charge < -0.3 is 4.90 Å². The van der Waals surface area contributed by atoms with E-state index in [9.17, 15) is 4.79 Å². The normalized spacial score (nSPS) is 16.3. The van der Waals surface area contributed by atoms with Gasteiger partial charge in [0.15, 0.2) is 0 Å². The highest BCUT2D eigenvalue weighted by Crippen LogP contribution is 2.14. The predicted molar refractivity (Wildman–Crippen MR) is 86.7 cm³/mol. The Bertz CT molecular complexity index is 586. The average Bonchev–Trinajstić information content (AvgIpc) is 3.12. The Kier molecular flexibility index (Phi) is 4.67. The highest BCUT2D eigenvalue weighted by atomic mass is 32.1. The van der Waals surface area contributed by atoms with E-state index >= 15 is 0 Å². The number of nitrogens with zero attached hydrogens (tertiary/aromatic N) is 3. The standard InChI is InChI=1S/C15H19N3OS2/c1-12-16-13(11-21-12)10-17-4-6-18(7-5-17)15(19)9-14-3-2-8-20-14/h2-3,8,11H,4-7,9-10H2,1H3. The van der Waals surface area contributed by atoms with Crippen LogP contribution in [0.2, 0.25) is 0 Å². The van der Waals surface area contributed by atoms with Crippen molar-refractivity contribution in [2.75, 3.05) is 26.2 Å². The molecule has 3 rings (SSSR count). The molecule has 1 amide bonds. The number of aryl methyl sites for hydroxylation is 1. The van der Waals surface area contributed by atoms with Crippen LogP contribution >= 0.6 is 22.7 Å². The molecule has 0 saturated carbocycles. The minimum absolute atomic E-state index is 0.251. The van der Waals surface area contributed by atoms with Crippen LogP contribution in [0.3, 0.4) is 0 Å². The van der Waals surface area contributed by atoms with E-state index in [1.165, 1.54) is 0 Å². The first-order valence-corrected chi connectivity index (χ1v) is 8.90. The maximum Gasteiger partial charge on any atom is 0.227 e. The lowest BCUT2D eigenvalue weighted by molar-refractivity contribution is -0.132. The van der Waals surface area contributed by atoms with E-state index in [1.807, 2.05) is 29.3 Å². The van der Waals surface area contributed by atoms with Crippen LogP contribution in [-0.2, 0) is 17.8 Å². The highest BCUT2D eigenvalue weighted by molar-refractivity contribution is 7.10. The van der Waals surface area contributed by atoms with E-state index in [2.05, 4.69) is 15.3 Å². The van der Waals surface area contributed by atoms with Crippen molar-refractivity contribution in [3.05, 3.63) is 38.5 Å². The Labute approximate surface area is 133 Å². The minimum Gasteiger partial charge on any atom is -0.340 e. The summed E-state index contributed by atoms with van der Waals surface area (Å²) in [6, 6.07) is 4.03. The zero-order valence-electron chi connectivity index (χ0n) is 12.1. The van der Waals surface area contributed by atoms with E-state index in [4.69, 9.17) is 0 Å². The number of rotatable bonds is 4. The molecule has 0 bridgehead atoms. The van der Waals surface area contributed by atoms with Crippen LogP contribution in [0.4, 0.5) is 0 Å². The molecule has 4 nitrogen and oxygen atoms in total. The fraction of sp³-hybridized carbons (Fsp3) is 0.467. The topological polar surface area (TPSA) is 36.4 Å². The lowest BCUT2D eigenvalue weighted by Crippen LogP contribution is -2.48. The summed E-state index contributed by atoms with van der Waals surface area (Å²) in [6.45, 7) is 6.47. The molecule has 0 radical (unpaired) electrons. The monoisotopic (exact) mass is 321 g/mol. The Morgan fingerprint density at radius 3 is 2.71 bits per heavy atom. The largest absolute Gasteiger partial charge is 0.340 e. The summed E-state index contributed by atoms with van der Waals surface area (Å²) in [4.78, 5) is 22.3. The third-order valence-corrected chi connectivity index (χ3v) is 5.38. The molecule has 21 heavy (non-hydrogen) atoms. The molecule has 1 aliphatic heterocycles. The van der Waals surface area contributed by atoms with Gasteiger partial charge in [-0.2, -0.15) is 0 Å². The Morgan fingerprint density at radius 2 is 2.10 bits per heavy atom. The molecule has 0 unspecified atom stereocenters. The van der Waals surface area contributed by atoms with Gasteiger partial charge in [-0.25, -0.2) is 4.98 Å². The quantitative estimate of drug-likeness (QED) is 0.867. The second-order valence-corrected chi connectivity index (χ2v) is 7.37. The molecule has 2 aromatic heterocycles. The van der Waals surface area contributed by atoms with Gasteiger partial charge in [-0.05, 0) is 18.4 Å². The maximum atomic E-state index is 12.2. The van der Waals surface area contributed by atoms with Gasteiger partial charge in [0.05, 0.1) is 17.1 Å². The van der Waals surface area contributed by atoms with E-state index in [1.54, 1.807) is 22.7 Å². The zero-order chi connectivity index (χ0) is 14.7. The van der Waals surface area contributed by atoms with Gasteiger partial charge in [0, 0.05) is 43.0 Å². The third kappa shape index (κ3) is 3.90. The van der Waals surface area contributed by atoms with Crippen molar-refractivity contribution in [1.29, 1.82) is 0 Å². The van der Waals surface area contributed by atoms with Crippen molar-refractivity contribution in [2.24, 2.45) is 0 Å². The molecule has 0 aliphatic carbocycles. The molecule has 1 aliphatic rings. The first-order valence-electron chi connectivity index (χ1n) is 7.14. The molecule has 3 heterocycles. The van der Waals surface area contributed by atoms with Gasteiger partial charge in [0.1, 0.15) is 0 Å². The summed E-state index contributed by atoms with van der Waals surface area (Å²) in [7, 11) is 0. The van der Waals surface area contributed by atoms with Gasteiger partial charge >= 0.3 is 0 Å². The number of thiazole rings is 1. The molecule has 0 N–H and O–H groups in total. The van der Waals surface area contributed by atoms with E-state index in [-0.39, 0.29) is 5.91 Å². The van der Waals surface area contributed by atoms with Crippen LogP contribution in [0.15, 0.2) is 22.9 Å². The molecule has 1 saturated heterocycles. The summed E-state index contributed by atoms with van der Waals surface area (Å²) in [5, 5.41) is 5.27. The third-order valence-electron chi connectivity index (χ3n) is 3.68. The van der Waals surface area contributed by atoms with Crippen molar-refractivity contribution in [3.63, 3.8) is 0 Å². The molecule has 2 aromatic rings. The number of aromatic nitrogens is 1. The molecule has 0 spiro atoms. The number of carbonyl (C=O) groups excluding carboxylic acids is 1. The number of carbonyl (C=O) groups is 1. The van der Waals surface area contributed by atoms with Crippen LogP contribution in [-0.4, -0.2) is 46.9 Å². The summed E-state index contributed by atoms with van der Waals surface area (Å²) in [5.41, 5.74) is 1.15. The maximum absolute atomic E-state index is 12.2. The second kappa shape index (κ2) is 6.68.